The van der Waals surface area contributed by atoms with E-state index in [1.165, 1.54) is 0 Å². The van der Waals surface area contributed by atoms with Gasteiger partial charge in [-0.2, -0.15) is 0 Å². The van der Waals surface area contributed by atoms with Crippen molar-refractivity contribution in [2.45, 2.75) is 6.42 Å². The molecule has 0 aliphatic carbocycles. The van der Waals surface area contributed by atoms with Gasteiger partial charge in [-0.3, -0.25) is 9.36 Å². The van der Waals surface area contributed by atoms with Gasteiger partial charge in [0.05, 0.1) is 0 Å². The molecular weight excluding hydrogens is 360 g/mol. The lowest BCUT2D eigenvalue weighted by molar-refractivity contribution is 0.0954. The second-order valence-corrected chi connectivity index (χ2v) is 6.58. The number of rotatable bonds is 5. The number of amides is 1. The fraction of sp³-hybridized carbons (Fsp3) is 0.0952. The molecule has 0 radical (unpaired) electrons. The van der Waals surface area contributed by atoms with Crippen molar-refractivity contribution in [3.05, 3.63) is 89.3 Å². The van der Waals surface area contributed by atoms with E-state index in [1.54, 1.807) is 12.5 Å². The first kappa shape index (κ1) is 17.2. The summed E-state index contributed by atoms with van der Waals surface area (Å²) in [5, 5.41) is 3.65. The fourth-order valence-corrected chi connectivity index (χ4v) is 3.01. The van der Waals surface area contributed by atoms with Crippen LogP contribution in [0.15, 0.2) is 73.2 Å². The summed E-state index contributed by atoms with van der Waals surface area (Å²) < 4.78 is 1.90. The lowest BCUT2D eigenvalue weighted by Crippen LogP contribution is -2.25. The molecule has 0 saturated heterocycles. The van der Waals surface area contributed by atoms with Gasteiger partial charge in [0.1, 0.15) is 11.8 Å². The van der Waals surface area contributed by atoms with Crippen molar-refractivity contribution in [3.8, 4) is 5.69 Å². The molecule has 1 N–H and O–H groups in total. The van der Waals surface area contributed by atoms with Crippen molar-refractivity contribution in [3.63, 3.8) is 0 Å². The number of imidazole rings is 1. The van der Waals surface area contributed by atoms with Crippen LogP contribution in [0.1, 0.15) is 15.9 Å². The van der Waals surface area contributed by atoms with Crippen LogP contribution < -0.4 is 5.32 Å². The lowest BCUT2D eigenvalue weighted by Gasteiger charge is -2.07. The molecule has 0 aliphatic heterocycles. The van der Waals surface area contributed by atoms with E-state index in [2.05, 4.69) is 15.3 Å². The Morgan fingerprint density at radius 3 is 2.56 bits per heavy atom. The molecule has 2 aromatic carbocycles. The van der Waals surface area contributed by atoms with Gasteiger partial charge >= 0.3 is 0 Å². The first-order valence-electron chi connectivity index (χ1n) is 8.62. The van der Waals surface area contributed by atoms with E-state index < -0.39 is 0 Å². The fourth-order valence-electron chi connectivity index (χ4n) is 2.89. The van der Waals surface area contributed by atoms with E-state index in [0.717, 1.165) is 28.8 Å². The van der Waals surface area contributed by atoms with Gasteiger partial charge in [0.2, 0.25) is 0 Å². The van der Waals surface area contributed by atoms with Gasteiger partial charge < -0.3 is 5.32 Å². The van der Waals surface area contributed by atoms with Crippen LogP contribution in [0.2, 0.25) is 5.02 Å². The van der Waals surface area contributed by atoms with Gasteiger partial charge in [0.25, 0.3) is 5.91 Å². The highest BCUT2D eigenvalue weighted by molar-refractivity contribution is 6.30. The van der Waals surface area contributed by atoms with Crippen molar-refractivity contribution in [2.24, 2.45) is 0 Å². The molecule has 0 atom stereocenters. The minimum absolute atomic E-state index is 0.0934. The average Bonchev–Trinajstić information content (AvgIpc) is 3.14. The monoisotopic (exact) mass is 376 g/mol. The van der Waals surface area contributed by atoms with Crippen molar-refractivity contribution in [1.82, 2.24) is 19.9 Å². The number of nitrogens with one attached hydrogen (secondary N) is 1. The second-order valence-electron chi connectivity index (χ2n) is 6.14. The third-order valence-electron chi connectivity index (χ3n) is 4.33. The van der Waals surface area contributed by atoms with Crippen molar-refractivity contribution in [1.29, 1.82) is 0 Å². The zero-order valence-electron chi connectivity index (χ0n) is 14.5. The van der Waals surface area contributed by atoms with Crippen LogP contribution in [0.5, 0.6) is 0 Å². The van der Waals surface area contributed by atoms with Gasteiger partial charge in [-0.05, 0) is 60.5 Å². The molecule has 4 rings (SSSR count). The van der Waals surface area contributed by atoms with Gasteiger partial charge in [0.15, 0.2) is 5.65 Å². The van der Waals surface area contributed by atoms with Gasteiger partial charge in [-0.25, -0.2) is 9.97 Å². The molecular formula is C21H17ClN4O. The van der Waals surface area contributed by atoms with E-state index in [4.69, 9.17) is 11.6 Å². The predicted molar refractivity (Wildman–Crippen MR) is 106 cm³/mol. The maximum atomic E-state index is 12.3. The summed E-state index contributed by atoms with van der Waals surface area (Å²) >= 11 is 5.88. The topological polar surface area (TPSA) is 59.8 Å². The molecule has 0 unspecified atom stereocenters. The number of hydrogen-bond acceptors (Lipinski definition) is 3. The predicted octanol–water partition coefficient (Wildman–Crippen LogP) is 4.05. The molecule has 1 amide bonds. The molecule has 5 nitrogen and oxygen atoms in total. The van der Waals surface area contributed by atoms with Crippen LogP contribution in [0.25, 0.3) is 16.9 Å². The third-order valence-corrected chi connectivity index (χ3v) is 4.58. The first-order valence-corrected chi connectivity index (χ1v) is 9.00. The Kier molecular flexibility index (Phi) is 4.85. The first-order chi connectivity index (χ1) is 13.2. The summed E-state index contributed by atoms with van der Waals surface area (Å²) in [5.74, 6) is -0.0934. The summed E-state index contributed by atoms with van der Waals surface area (Å²) in [6, 6.07) is 18.8. The summed E-state index contributed by atoms with van der Waals surface area (Å²) in [6.07, 6.45) is 4.23. The number of halogens is 1. The third kappa shape index (κ3) is 3.83. The maximum absolute atomic E-state index is 12.3. The Balaban J connectivity index is 1.41. The summed E-state index contributed by atoms with van der Waals surface area (Å²) in [5.41, 5.74) is 4.29. The molecule has 134 valence electrons. The molecule has 0 aliphatic rings. The number of carbonyl (C=O) groups is 1. The molecule has 0 saturated carbocycles. The molecule has 0 fully saturated rings. The smallest absolute Gasteiger partial charge is 0.251 e. The van der Waals surface area contributed by atoms with E-state index in [0.29, 0.717) is 17.1 Å². The van der Waals surface area contributed by atoms with Gasteiger partial charge in [-0.15, -0.1) is 0 Å². The number of hydrogen-bond donors (Lipinski definition) is 1. The van der Waals surface area contributed by atoms with Gasteiger partial charge in [0, 0.05) is 29.0 Å². The van der Waals surface area contributed by atoms with Gasteiger partial charge in [-0.1, -0.05) is 23.7 Å². The van der Waals surface area contributed by atoms with Crippen LogP contribution in [-0.4, -0.2) is 27.0 Å². The Morgan fingerprint density at radius 2 is 1.78 bits per heavy atom. The van der Waals surface area contributed by atoms with E-state index in [-0.39, 0.29) is 5.91 Å². The zero-order chi connectivity index (χ0) is 18.6. The normalized spacial score (nSPS) is 10.9. The van der Waals surface area contributed by atoms with Crippen molar-refractivity contribution in [2.75, 3.05) is 6.54 Å². The number of fused-ring (bicyclic) bond motifs is 1. The van der Waals surface area contributed by atoms with E-state index in [1.807, 2.05) is 65.2 Å². The highest BCUT2D eigenvalue weighted by atomic mass is 35.5. The number of benzene rings is 2. The molecule has 6 heteroatoms. The van der Waals surface area contributed by atoms with Crippen molar-refractivity contribution < 1.29 is 4.79 Å². The molecule has 4 aromatic rings. The summed E-state index contributed by atoms with van der Waals surface area (Å²) in [6.45, 7) is 0.568. The number of pyridine rings is 1. The minimum atomic E-state index is -0.0934. The minimum Gasteiger partial charge on any atom is -0.352 e. The average molecular weight is 377 g/mol. The standard InChI is InChI=1S/C21H17ClN4O/c22-17-7-3-15(4-8-17)11-13-24-21(27)16-5-9-18(10-6-16)26-14-25-19-2-1-12-23-20(19)26/h1-10,12,14H,11,13H2,(H,24,27). The van der Waals surface area contributed by atoms with E-state index >= 15 is 0 Å². The largest absolute Gasteiger partial charge is 0.352 e. The maximum Gasteiger partial charge on any atom is 0.251 e. The zero-order valence-corrected chi connectivity index (χ0v) is 15.2. The highest BCUT2D eigenvalue weighted by Gasteiger charge is 2.08. The highest BCUT2D eigenvalue weighted by Crippen LogP contribution is 2.16. The van der Waals surface area contributed by atoms with Crippen LogP contribution in [0.4, 0.5) is 0 Å². The Bertz CT molecular complexity index is 1070. The molecule has 2 aromatic heterocycles. The van der Waals surface area contributed by atoms with E-state index in [9.17, 15) is 4.79 Å². The number of aromatic nitrogens is 3. The SMILES string of the molecule is O=C(NCCc1ccc(Cl)cc1)c1ccc(-n2cnc3cccnc32)cc1. The Labute approximate surface area is 161 Å². The Morgan fingerprint density at radius 1 is 1.00 bits per heavy atom. The molecule has 0 bridgehead atoms. The second kappa shape index (κ2) is 7.60. The lowest BCUT2D eigenvalue weighted by atomic mass is 10.1. The Hall–Kier alpha value is -3.18. The number of nitrogens with zero attached hydrogens (tertiary/aromatic N) is 3. The van der Waals surface area contributed by atoms with Crippen LogP contribution >= 0.6 is 11.6 Å². The summed E-state index contributed by atoms with van der Waals surface area (Å²) in [7, 11) is 0. The molecule has 2 heterocycles. The quantitative estimate of drug-likeness (QED) is 0.571. The summed E-state index contributed by atoms with van der Waals surface area (Å²) in [4.78, 5) is 21.0. The molecule has 27 heavy (non-hydrogen) atoms. The van der Waals surface area contributed by atoms with Crippen LogP contribution in [0, 0.1) is 0 Å². The van der Waals surface area contributed by atoms with Crippen LogP contribution in [-0.2, 0) is 6.42 Å². The number of carbonyl (C=O) groups excluding carboxylic acids is 1. The molecule has 0 spiro atoms. The van der Waals surface area contributed by atoms with Crippen LogP contribution in [0.3, 0.4) is 0 Å². The van der Waals surface area contributed by atoms with Crippen molar-refractivity contribution >= 4 is 28.7 Å².